The van der Waals surface area contributed by atoms with Gasteiger partial charge in [0.2, 0.25) is 5.91 Å². The predicted octanol–water partition coefficient (Wildman–Crippen LogP) is 1.11. The number of rotatable bonds is 5. The molecule has 1 saturated carbocycles. The first-order chi connectivity index (χ1) is 10.5. The SMILES string of the molecule is C[C@H]1[C@@H]([NH2+]CC(=O)Nc2ccc(C(N)=O)cc2)CCC[C@@H]1C. The fourth-order valence-electron chi connectivity index (χ4n) is 3.14. The molecule has 2 rings (SSSR count). The summed E-state index contributed by atoms with van der Waals surface area (Å²) < 4.78 is 0. The topological polar surface area (TPSA) is 88.8 Å². The van der Waals surface area contributed by atoms with Crippen LogP contribution in [0.4, 0.5) is 5.69 Å². The van der Waals surface area contributed by atoms with Crippen molar-refractivity contribution in [3.8, 4) is 0 Å². The van der Waals surface area contributed by atoms with Gasteiger partial charge in [-0.1, -0.05) is 13.8 Å². The van der Waals surface area contributed by atoms with Crippen molar-refractivity contribution in [1.29, 1.82) is 0 Å². The minimum atomic E-state index is -0.466. The molecule has 1 aromatic rings. The molecule has 0 heterocycles. The first-order valence-electron chi connectivity index (χ1n) is 8.00. The molecule has 5 N–H and O–H groups in total. The van der Waals surface area contributed by atoms with E-state index in [1.54, 1.807) is 24.3 Å². The van der Waals surface area contributed by atoms with E-state index in [9.17, 15) is 9.59 Å². The zero-order valence-electron chi connectivity index (χ0n) is 13.3. The van der Waals surface area contributed by atoms with Crippen LogP contribution in [-0.4, -0.2) is 24.4 Å². The molecule has 0 radical (unpaired) electrons. The van der Waals surface area contributed by atoms with Crippen molar-refractivity contribution in [3.05, 3.63) is 29.8 Å². The number of quaternary nitrogens is 1. The van der Waals surface area contributed by atoms with Crippen molar-refractivity contribution in [2.45, 2.75) is 39.2 Å². The molecule has 3 atom stereocenters. The molecule has 1 aliphatic rings. The molecule has 0 saturated heterocycles. The molecule has 0 aromatic heterocycles. The molecule has 120 valence electrons. The summed E-state index contributed by atoms with van der Waals surface area (Å²) in [5.74, 6) is 0.902. The molecule has 0 aliphatic heterocycles. The number of carbonyl (C=O) groups excluding carboxylic acids is 2. The van der Waals surface area contributed by atoms with Crippen LogP contribution >= 0.6 is 0 Å². The van der Waals surface area contributed by atoms with Crippen LogP contribution in [0.1, 0.15) is 43.5 Å². The lowest BCUT2D eigenvalue weighted by Gasteiger charge is -2.31. The van der Waals surface area contributed by atoms with Gasteiger partial charge in [-0.25, -0.2) is 0 Å². The number of carbonyl (C=O) groups is 2. The van der Waals surface area contributed by atoms with E-state index < -0.39 is 5.91 Å². The van der Waals surface area contributed by atoms with Gasteiger partial charge in [-0.15, -0.1) is 0 Å². The monoisotopic (exact) mass is 304 g/mol. The Morgan fingerprint density at radius 1 is 1.23 bits per heavy atom. The molecular weight excluding hydrogens is 278 g/mol. The first-order valence-corrected chi connectivity index (χ1v) is 8.00. The summed E-state index contributed by atoms with van der Waals surface area (Å²) in [6, 6.07) is 7.16. The standard InChI is InChI=1S/C17H25N3O2/c1-11-4-3-5-15(12(11)2)19-10-16(21)20-14-8-6-13(7-9-14)17(18)22/h6-9,11-12,15,19H,3-5,10H2,1-2H3,(H2,18,22)(H,20,21)/p+1/t11-,12+,15-/m0/s1. The second kappa shape index (κ2) is 7.40. The summed E-state index contributed by atoms with van der Waals surface area (Å²) in [5.41, 5.74) is 6.32. The smallest absolute Gasteiger partial charge is 0.279 e. The molecule has 0 spiro atoms. The van der Waals surface area contributed by atoms with E-state index >= 15 is 0 Å². The van der Waals surface area contributed by atoms with Crippen LogP contribution < -0.4 is 16.4 Å². The number of hydrogen-bond acceptors (Lipinski definition) is 2. The maximum atomic E-state index is 12.0. The molecule has 5 nitrogen and oxygen atoms in total. The summed E-state index contributed by atoms with van der Waals surface area (Å²) >= 11 is 0. The van der Waals surface area contributed by atoms with Gasteiger partial charge in [0, 0.05) is 17.2 Å². The van der Waals surface area contributed by atoms with Crippen LogP contribution in [-0.2, 0) is 4.79 Å². The summed E-state index contributed by atoms with van der Waals surface area (Å²) in [5, 5.41) is 5.01. The Balaban J connectivity index is 1.81. The van der Waals surface area contributed by atoms with Crippen molar-refractivity contribution in [1.82, 2.24) is 0 Å². The third kappa shape index (κ3) is 4.31. The van der Waals surface area contributed by atoms with Crippen molar-refractivity contribution in [2.24, 2.45) is 17.6 Å². The maximum Gasteiger partial charge on any atom is 0.279 e. The fraction of sp³-hybridized carbons (Fsp3) is 0.529. The minimum Gasteiger partial charge on any atom is -0.366 e. The second-order valence-corrected chi connectivity index (χ2v) is 6.36. The largest absolute Gasteiger partial charge is 0.366 e. The Morgan fingerprint density at radius 2 is 1.91 bits per heavy atom. The summed E-state index contributed by atoms with van der Waals surface area (Å²) in [6.07, 6.45) is 3.74. The van der Waals surface area contributed by atoms with Crippen LogP contribution in [0, 0.1) is 11.8 Å². The number of anilines is 1. The lowest BCUT2D eigenvalue weighted by Crippen LogP contribution is -2.93. The van der Waals surface area contributed by atoms with Crippen LogP contribution in [0.2, 0.25) is 0 Å². The number of nitrogens with one attached hydrogen (secondary N) is 1. The van der Waals surface area contributed by atoms with Gasteiger partial charge in [0.25, 0.3) is 5.91 Å². The number of hydrogen-bond donors (Lipinski definition) is 3. The van der Waals surface area contributed by atoms with Gasteiger partial charge in [0.05, 0.1) is 6.04 Å². The fourth-order valence-corrected chi connectivity index (χ4v) is 3.14. The van der Waals surface area contributed by atoms with E-state index in [1.807, 2.05) is 0 Å². The average Bonchev–Trinajstić information content (AvgIpc) is 2.49. The van der Waals surface area contributed by atoms with E-state index in [-0.39, 0.29) is 5.91 Å². The summed E-state index contributed by atoms with van der Waals surface area (Å²) in [6.45, 7) is 5.01. The number of primary amides is 1. The Morgan fingerprint density at radius 3 is 2.55 bits per heavy atom. The van der Waals surface area contributed by atoms with Gasteiger partial charge < -0.3 is 16.4 Å². The molecule has 1 fully saturated rings. The molecule has 1 aromatic carbocycles. The lowest BCUT2D eigenvalue weighted by molar-refractivity contribution is -0.688. The van der Waals surface area contributed by atoms with E-state index in [4.69, 9.17) is 5.73 Å². The van der Waals surface area contributed by atoms with E-state index in [0.717, 1.165) is 5.92 Å². The van der Waals surface area contributed by atoms with Crippen LogP contribution in [0.3, 0.4) is 0 Å². The molecule has 2 amide bonds. The van der Waals surface area contributed by atoms with Gasteiger partial charge in [-0.05, 0) is 49.4 Å². The van der Waals surface area contributed by atoms with Crippen molar-refractivity contribution >= 4 is 17.5 Å². The molecule has 5 heteroatoms. The van der Waals surface area contributed by atoms with Gasteiger partial charge in [0.1, 0.15) is 0 Å². The lowest BCUT2D eigenvalue weighted by atomic mass is 9.78. The minimum absolute atomic E-state index is 0.0164. The third-order valence-electron chi connectivity index (χ3n) is 4.83. The van der Waals surface area contributed by atoms with E-state index in [2.05, 4.69) is 24.5 Å². The van der Waals surface area contributed by atoms with Crippen LogP contribution in [0.15, 0.2) is 24.3 Å². The number of amides is 2. The maximum absolute atomic E-state index is 12.0. The number of benzene rings is 1. The highest BCUT2D eigenvalue weighted by Crippen LogP contribution is 2.27. The van der Waals surface area contributed by atoms with Gasteiger partial charge in [-0.2, -0.15) is 0 Å². The van der Waals surface area contributed by atoms with E-state index in [0.29, 0.717) is 29.8 Å². The zero-order chi connectivity index (χ0) is 16.1. The first kappa shape index (κ1) is 16.5. The molecule has 22 heavy (non-hydrogen) atoms. The molecule has 1 aliphatic carbocycles. The Labute approximate surface area is 131 Å². The second-order valence-electron chi connectivity index (χ2n) is 6.36. The zero-order valence-corrected chi connectivity index (χ0v) is 13.3. The Hall–Kier alpha value is -1.88. The number of nitrogens with two attached hydrogens (primary N) is 2. The van der Waals surface area contributed by atoms with Crippen molar-refractivity contribution in [2.75, 3.05) is 11.9 Å². The van der Waals surface area contributed by atoms with Gasteiger partial charge in [-0.3, -0.25) is 9.59 Å². The van der Waals surface area contributed by atoms with Gasteiger partial charge >= 0.3 is 0 Å². The molecule has 0 unspecified atom stereocenters. The Bertz CT molecular complexity index is 527. The molecular formula is C17H26N3O2+. The predicted molar refractivity (Wildman–Crippen MR) is 86.3 cm³/mol. The van der Waals surface area contributed by atoms with E-state index in [1.165, 1.54) is 19.3 Å². The summed E-state index contributed by atoms with van der Waals surface area (Å²) in [7, 11) is 0. The quantitative estimate of drug-likeness (QED) is 0.761. The van der Waals surface area contributed by atoms with Gasteiger partial charge in [0.15, 0.2) is 6.54 Å². The van der Waals surface area contributed by atoms with Crippen LogP contribution in [0.5, 0.6) is 0 Å². The highest BCUT2D eigenvalue weighted by Gasteiger charge is 2.29. The average molecular weight is 304 g/mol. The normalized spacial score (nSPS) is 24.7. The van der Waals surface area contributed by atoms with Crippen LogP contribution in [0.25, 0.3) is 0 Å². The summed E-state index contributed by atoms with van der Waals surface area (Å²) in [4.78, 5) is 23.0. The highest BCUT2D eigenvalue weighted by molar-refractivity contribution is 5.94. The van der Waals surface area contributed by atoms with Crippen molar-refractivity contribution < 1.29 is 14.9 Å². The highest BCUT2D eigenvalue weighted by atomic mass is 16.2. The molecule has 0 bridgehead atoms. The third-order valence-corrected chi connectivity index (χ3v) is 4.83. The Kier molecular flexibility index (Phi) is 5.55. The van der Waals surface area contributed by atoms with Crippen molar-refractivity contribution in [3.63, 3.8) is 0 Å².